The minimum atomic E-state index is -4.31. The molecule has 2 amide bonds. The average Bonchev–Trinajstić information content (AvgIpc) is 3.03. The van der Waals surface area contributed by atoms with Gasteiger partial charge in [-0.1, -0.05) is 104 Å². The zero-order chi connectivity index (χ0) is 31.7. The molecule has 0 bridgehead atoms. The number of benzene rings is 4. The summed E-state index contributed by atoms with van der Waals surface area (Å²) < 4.78 is 42.9. The minimum absolute atomic E-state index is 0.0112. The van der Waals surface area contributed by atoms with Gasteiger partial charge >= 0.3 is 0 Å². The van der Waals surface area contributed by atoms with Crippen LogP contribution in [-0.4, -0.2) is 44.3 Å². The molecule has 0 heterocycles. The Morgan fingerprint density at radius 3 is 1.98 bits per heavy atom. The third-order valence-electron chi connectivity index (χ3n) is 6.95. The van der Waals surface area contributed by atoms with Crippen LogP contribution in [-0.2, 0) is 32.6 Å². The second-order valence-corrected chi connectivity index (χ2v) is 13.0. The van der Waals surface area contributed by atoms with Crippen LogP contribution in [0.3, 0.4) is 0 Å². The molecule has 0 spiro atoms. The maximum Gasteiger partial charge on any atom is 0.264 e. The lowest BCUT2D eigenvalue weighted by Crippen LogP contribution is -2.53. The normalized spacial score (nSPS) is 12.0. The van der Waals surface area contributed by atoms with E-state index in [2.05, 4.69) is 5.32 Å². The lowest BCUT2D eigenvalue weighted by atomic mass is 10.0. The van der Waals surface area contributed by atoms with Crippen LogP contribution in [0, 0.1) is 11.7 Å². The zero-order valence-electron chi connectivity index (χ0n) is 24.6. The first kappa shape index (κ1) is 32.7. The lowest BCUT2D eigenvalue weighted by Gasteiger charge is -2.34. The molecule has 7 nitrogen and oxygen atoms in total. The maximum atomic E-state index is 14.4. The number of sulfonamides is 1. The number of rotatable bonds is 13. The summed E-state index contributed by atoms with van der Waals surface area (Å²) in [5, 5.41) is 2.66. The topological polar surface area (TPSA) is 86.8 Å². The molecule has 0 aliphatic carbocycles. The number of nitrogens with one attached hydrogen (secondary N) is 1. The molecule has 1 atom stereocenters. The highest BCUT2D eigenvalue weighted by Crippen LogP contribution is 2.28. The van der Waals surface area contributed by atoms with E-state index in [4.69, 9.17) is 11.6 Å². The molecule has 0 saturated carbocycles. The Hall–Kier alpha value is -4.21. The Morgan fingerprint density at radius 2 is 1.41 bits per heavy atom. The molecule has 4 aromatic carbocycles. The molecule has 44 heavy (non-hydrogen) atoms. The Labute approximate surface area is 263 Å². The van der Waals surface area contributed by atoms with Gasteiger partial charge in [0.05, 0.1) is 15.6 Å². The Bertz CT molecular complexity index is 1660. The highest BCUT2D eigenvalue weighted by molar-refractivity contribution is 7.92. The van der Waals surface area contributed by atoms with Crippen LogP contribution in [0.2, 0.25) is 5.02 Å². The molecule has 0 saturated heterocycles. The summed E-state index contributed by atoms with van der Waals surface area (Å²) in [6.45, 7) is 3.74. The molecule has 0 radical (unpaired) electrons. The molecular formula is C34H35ClFN3O4S. The van der Waals surface area contributed by atoms with Gasteiger partial charge in [-0.3, -0.25) is 13.9 Å². The van der Waals surface area contributed by atoms with Crippen molar-refractivity contribution in [3.05, 3.63) is 131 Å². The van der Waals surface area contributed by atoms with E-state index in [-0.39, 0.29) is 40.4 Å². The fraction of sp³-hybridized carbons (Fsp3) is 0.235. The number of anilines is 1. The van der Waals surface area contributed by atoms with E-state index in [1.54, 1.807) is 18.2 Å². The highest BCUT2D eigenvalue weighted by Gasteiger charge is 2.34. The Balaban J connectivity index is 1.79. The minimum Gasteiger partial charge on any atom is -0.354 e. The van der Waals surface area contributed by atoms with Gasteiger partial charge < -0.3 is 10.2 Å². The third kappa shape index (κ3) is 8.45. The number of nitrogens with zero attached hydrogens (tertiary/aromatic N) is 2. The smallest absolute Gasteiger partial charge is 0.264 e. The summed E-state index contributed by atoms with van der Waals surface area (Å²) in [5.74, 6) is -1.53. The van der Waals surface area contributed by atoms with E-state index in [9.17, 15) is 22.4 Å². The third-order valence-corrected chi connectivity index (χ3v) is 9.03. The van der Waals surface area contributed by atoms with E-state index in [0.29, 0.717) is 6.54 Å². The predicted molar refractivity (Wildman–Crippen MR) is 171 cm³/mol. The quantitative estimate of drug-likeness (QED) is 0.193. The molecule has 4 rings (SSSR count). The van der Waals surface area contributed by atoms with Crippen molar-refractivity contribution in [1.29, 1.82) is 0 Å². The summed E-state index contributed by atoms with van der Waals surface area (Å²) in [5.41, 5.74) is 1.61. The number of carbonyl (C=O) groups excluding carboxylic acids is 2. The Kier molecular flexibility index (Phi) is 11.1. The highest BCUT2D eigenvalue weighted by atomic mass is 35.5. The standard InChI is InChI=1S/C34H35ClFN3O4S/c1-25(2)22-37-34(41)32(20-26-12-6-3-7-13-26)38(23-27-14-8-4-9-15-27)33(40)24-39(28-18-19-31(36)30(35)21-28)44(42,43)29-16-10-5-11-17-29/h3-19,21,25,32H,20,22-24H2,1-2H3,(H,37,41). The molecule has 10 heteroatoms. The van der Waals surface area contributed by atoms with Crippen LogP contribution < -0.4 is 9.62 Å². The van der Waals surface area contributed by atoms with Crippen molar-refractivity contribution in [2.75, 3.05) is 17.4 Å². The van der Waals surface area contributed by atoms with Crippen LogP contribution in [0.4, 0.5) is 10.1 Å². The van der Waals surface area contributed by atoms with E-state index >= 15 is 0 Å². The first-order chi connectivity index (χ1) is 21.1. The average molecular weight is 636 g/mol. The summed E-state index contributed by atoms with van der Waals surface area (Å²) in [6.07, 6.45) is 0.206. The second-order valence-electron chi connectivity index (χ2n) is 10.8. The summed E-state index contributed by atoms with van der Waals surface area (Å²) in [4.78, 5) is 29.5. The molecular weight excluding hydrogens is 601 g/mol. The van der Waals surface area contributed by atoms with E-state index < -0.39 is 34.3 Å². The van der Waals surface area contributed by atoms with Gasteiger partial charge in [-0.2, -0.15) is 0 Å². The second kappa shape index (κ2) is 15.0. The van der Waals surface area contributed by atoms with Gasteiger partial charge in [0.2, 0.25) is 11.8 Å². The van der Waals surface area contributed by atoms with Crippen LogP contribution in [0.1, 0.15) is 25.0 Å². The van der Waals surface area contributed by atoms with Crippen molar-refractivity contribution in [3.8, 4) is 0 Å². The van der Waals surface area contributed by atoms with Gasteiger partial charge in [0.15, 0.2) is 0 Å². The van der Waals surface area contributed by atoms with Crippen LogP contribution in [0.15, 0.2) is 114 Å². The lowest BCUT2D eigenvalue weighted by molar-refractivity contribution is -0.140. The predicted octanol–water partition coefficient (Wildman–Crippen LogP) is 6.09. The summed E-state index contributed by atoms with van der Waals surface area (Å²) in [6, 6.07) is 28.7. The first-order valence-electron chi connectivity index (χ1n) is 14.2. The summed E-state index contributed by atoms with van der Waals surface area (Å²) in [7, 11) is -4.31. The van der Waals surface area contributed by atoms with Gasteiger partial charge in [0.25, 0.3) is 10.0 Å². The van der Waals surface area contributed by atoms with Gasteiger partial charge in [0, 0.05) is 19.5 Å². The molecule has 230 valence electrons. The Morgan fingerprint density at radius 1 is 0.841 bits per heavy atom. The molecule has 0 aliphatic rings. The van der Waals surface area contributed by atoms with Crippen molar-refractivity contribution in [3.63, 3.8) is 0 Å². The fourth-order valence-corrected chi connectivity index (χ4v) is 6.25. The van der Waals surface area contributed by atoms with Gasteiger partial charge in [-0.25, -0.2) is 12.8 Å². The molecule has 0 aromatic heterocycles. The number of hydrogen-bond acceptors (Lipinski definition) is 4. The van der Waals surface area contributed by atoms with Crippen LogP contribution in [0.5, 0.6) is 0 Å². The largest absolute Gasteiger partial charge is 0.354 e. The van der Waals surface area contributed by atoms with Gasteiger partial charge in [-0.15, -0.1) is 0 Å². The maximum absolute atomic E-state index is 14.4. The molecule has 0 aliphatic heterocycles. The van der Waals surface area contributed by atoms with E-state index in [1.165, 1.54) is 29.2 Å². The molecule has 4 aromatic rings. The first-order valence-corrected chi connectivity index (χ1v) is 16.1. The monoisotopic (exact) mass is 635 g/mol. The van der Waals surface area contributed by atoms with Crippen molar-refractivity contribution in [2.24, 2.45) is 5.92 Å². The molecule has 0 fully saturated rings. The van der Waals surface area contributed by atoms with Crippen molar-refractivity contribution in [1.82, 2.24) is 10.2 Å². The van der Waals surface area contributed by atoms with E-state index in [1.807, 2.05) is 74.5 Å². The zero-order valence-corrected chi connectivity index (χ0v) is 26.1. The van der Waals surface area contributed by atoms with Crippen LogP contribution >= 0.6 is 11.6 Å². The van der Waals surface area contributed by atoms with Gasteiger partial charge in [0.1, 0.15) is 18.4 Å². The van der Waals surface area contributed by atoms with Crippen molar-refractivity contribution in [2.45, 2.75) is 37.8 Å². The number of amides is 2. The number of hydrogen-bond donors (Lipinski definition) is 1. The fourth-order valence-electron chi connectivity index (χ4n) is 4.65. The van der Waals surface area contributed by atoms with Crippen molar-refractivity contribution < 1.29 is 22.4 Å². The number of carbonyl (C=O) groups is 2. The molecule has 1 unspecified atom stereocenters. The van der Waals surface area contributed by atoms with Crippen molar-refractivity contribution >= 4 is 39.1 Å². The van der Waals surface area contributed by atoms with Crippen LogP contribution in [0.25, 0.3) is 0 Å². The molecule has 1 N–H and O–H groups in total. The van der Waals surface area contributed by atoms with Gasteiger partial charge in [-0.05, 0) is 47.4 Å². The number of halogens is 2. The van der Waals surface area contributed by atoms with E-state index in [0.717, 1.165) is 21.5 Å². The SMILES string of the molecule is CC(C)CNC(=O)C(Cc1ccccc1)N(Cc1ccccc1)C(=O)CN(c1ccc(F)c(Cl)c1)S(=O)(=O)c1ccccc1. The summed E-state index contributed by atoms with van der Waals surface area (Å²) >= 11 is 6.06.